The van der Waals surface area contributed by atoms with E-state index in [1.54, 1.807) is 0 Å². The van der Waals surface area contributed by atoms with E-state index in [1.807, 2.05) is 24.0 Å². The van der Waals surface area contributed by atoms with Crippen LogP contribution in [0.15, 0.2) is 30.6 Å². The van der Waals surface area contributed by atoms with Crippen LogP contribution >= 0.6 is 0 Å². The van der Waals surface area contributed by atoms with E-state index >= 15 is 0 Å². The molecule has 98 valence electrons. The standard InChI is InChI=1S/C14H17N5/c1-3-13-11(9-19(2)18-13)7-15-12-4-5-14-10(6-12)8-16-17-14/h4-6,8-9,15H,3,7H2,1-2H3,(H,16,17). The Labute approximate surface area is 111 Å². The van der Waals surface area contributed by atoms with Crippen LogP contribution in [0.25, 0.3) is 10.9 Å². The second kappa shape index (κ2) is 4.76. The summed E-state index contributed by atoms with van der Waals surface area (Å²) < 4.78 is 1.87. The lowest BCUT2D eigenvalue weighted by Crippen LogP contribution is -2.00. The van der Waals surface area contributed by atoms with Crippen LogP contribution in [0.2, 0.25) is 0 Å². The molecule has 0 aliphatic carbocycles. The Kier molecular flexibility index (Phi) is 2.95. The van der Waals surface area contributed by atoms with Gasteiger partial charge >= 0.3 is 0 Å². The Morgan fingerprint density at radius 3 is 3.11 bits per heavy atom. The van der Waals surface area contributed by atoms with Gasteiger partial charge in [-0.1, -0.05) is 6.92 Å². The minimum absolute atomic E-state index is 0.792. The quantitative estimate of drug-likeness (QED) is 0.753. The average molecular weight is 255 g/mol. The van der Waals surface area contributed by atoms with Crippen LogP contribution in [0.5, 0.6) is 0 Å². The van der Waals surface area contributed by atoms with Gasteiger partial charge in [0.25, 0.3) is 0 Å². The Bertz CT molecular complexity index is 695. The fourth-order valence-electron chi connectivity index (χ4n) is 2.28. The molecule has 2 aromatic heterocycles. The molecule has 0 aliphatic rings. The summed E-state index contributed by atoms with van der Waals surface area (Å²) in [5.41, 5.74) is 4.55. The molecule has 0 aliphatic heterocycles. The van der Waals surface area contributed by atoms with E-state index in [9.17, 15) is 0 Å². The Hall–Kier alpha value is -2.30. The van der Waals surface area contributed by atoms with Gasteiger partial charge in [0.15, 0.2) is 0 Å². The maximum Gasteiger partial charge on any atom is 0.0671 e. The molecule has 0 saturated carbocycles. The van der Waals surface area contributed by atoms with Gasteiger partial charge in [0, 0.05) is 36.4 Å². The Morgan fingerprint density at radius 1 is 1.37 bits per heavy atom. The zero-order chi connectivity index (χ0) is 13.2. The molecule has 5 nitrogen and oxygen atoms in total. The van der Waals surface area contributed by atoms with Crippen LogP contribution in [0.1, 0.15) is 18.2 Å². The predicted octanol–water partition coefficient (Wildman–Crippen LogP) is 2.47. The summed E-state index contributed by atoms with van der Waals surface area (Å²) >= 11 is 0. The highest BCUT2D eigenvalue weighted by Gasteiger charge is 2.05. The topological polar surface area (TPSA) is 58.5 Å². The molecule has 0 unspecified atom stereocenters. The molecule has 0 fully saturated rings. The van der Waals surface area contributed by atoms with Crippen LogP contribution in [0, 0.1) is 0 Å². The van der Waals surface area contributed by atoms with E-state index in [4.69, 9.17) is 0 Å². The van der Waals surface area contributed by atoms with E-state index < -0.39 is 0 Å². The van der Waals surface area contributed by atoms with Crippen molar-refractivity contribution in [3.05, 3.63) is 41.9 Å². The molecular weight excluding hydrogens is 238 g/mol. The lowest BCUT2D eigenvalue weighted by atomic mass is 10.2. The summed E-state index contributed by atoms with van der Waals surface area (Å²) in [7, 11) is 1.96. The van der Waals surface area contributed by atoms with Gasteiger partial charge in [-0.25, -0.2) is 0 Å². The number of nitrogens with zero attached hydrogens (tertiary/aromatic N) is 3. The van der Waals surface area contributed by atoms with Crippen LogP contribution in [0.4, 0.5) is 5.69 Å². The van der Waals surface area contributed by atoms with Gasteiger partial charge in [-0.05, 0) is 24.6 Å². The molecule has 0 bridgehead atoms. The maximum absolute atomic E-state index is 4.44. The number of hydrogen-bond acceptors (Lipinski definition) is 3. The first-order valence-electron chi connectivity index (χ1n) is 6.44. The fraction of sp³-hybridized carbons (Fsp3) is 0.286. The second-order valence-corrected chi connectivity index (χ2v) is 4.65. The minimum atomic E-state index is 0.792. The van der Waals surface area contributed by atoms with Crippen LogP contribution in [-0.4, -0.2) is 20.0 Å². The van der Waals surface area contributed by atoms with Crippen molar-refractivity contribution in [3.8, 4) is 0 Å². The van der Waals surface area contributed by atoms with Gasteiger partial charge in [0.2, 0.25) is 0 Å². The molecule has 0 spiro atoms. The number of aromatic amines is 1. The number of hydrogen-bond donors (Lipinski definition) is 2. The molecule has 3 rings (SSSR count). The van der Waals surface area contributed by atoms with Gasteiger partial charge in [0.05, 0.1) is 17.4 Å². The first-order valence-corrected chi connectivity index (χ1v) is 6.44. The second-order valence-electron chi connectivity index (χ2n) is 4.65. The number of nitrogens with one attached hydrogen (secondary N) is 2. The first kappa shape index (κ1) is 11.8. The number of H-pyrrole nitrogens is 1. The van der Waals surface area contributed by atoms with Crippen molar-refractivity contribution in [2.75, 3.05) is 5.32 Å². The van der Waals surface area contributed by atoms with Gasteiger partial charge < -0.3 is 5.32 Å². The molecule has 2 N–H and O–H groups in total. The summed E-state index contributed by atoms with van der Waals surface area (Å²) in [6.45, 7) is 2.92. The summed E-state index contributed by atoms with van der Waals surface area (Å²) in [6.07, 6.45) is 4.86. The van der Waals surface area contributed by atoms with Gasteiger partial charge in [0.1, 0.15) is 0 Å². The Balaban J connectivity index is 1.77. The highest BCUT2D eigenvalue weighted by molar-refractivity contribution is 5.81. The van der Waals surface area contributed by atoms with E-state index in [2.05, 4.69) is 45.9 Å². The molecule has 19 heavy (non-hydrogen) atoms. The summed E-state index contributed by atoms with van der Waals surface area (Å²) in [4.78, 5) is 0. The lowest BCUT2D eigenvalue weighted by molar-refractivity contribution is 0.746. The minimum Gasteiger partial charge on any atom is -0.381 e. The largest absolute Gasteiger partial charge is 0.381 e. The van der Waals surface area contributed by atoms with E-state index in [0.29, 0.717) is 0 Å². The van der Waals surface area contributed by atoms with Crippen molar-refractivity contribution in [3.63, 3.8) is 0 Å². The fourth-order valence-corrected chi connectivity index (χ4v) is 2.28. The molecule has 1 aromatic carbocycles. The van der Waals surface area contributed by atoms with Gasteiger partial charge in [-0.15, -0.1) is 0 Å². The number of benzene rings is 1. The van der Waals surface area contributed by atoms with Gasteiger partial charge in [-0.2, -0.15) is 10.2 Å². The predicted molar refractivity (Wildman–Crippen MR) is 76.0 cm³/mol. The summed E-state index contributed by atoms with van der Waals surface area (Å²) in [6, 6.07) is 6.19. The third-order valence-electron chi connectivity index (χ3n) is 3.25. The van der Waals surface area contributed by atoms with Crippen molar-refractivity contribution in [1.29, 1.82) is 0 Å². The zero-order valence-electron chi connectivity index (χ0n) is 11.1. The molecule has 0 saturated heterocycles. The number of rotatable bonds is 4. The van der Waals surface area contributed by atoms with Crippen LogP contribution < -0.4 is 5.32 Å². The molecule has 0 amide bonds. The number of anilines is 1. The zero-order valence-corrected chi connectivity index (χ0v) is 11.1. The monoisotopic (exact) mass is 255 g/mol. The van der Waals surface area contributed by atoms with E-state index in [-0.39, 0.29) is 0 Å². The number of aryl methyl sites for hydroxylation is 2. The third kappa shape index (κ3) is 2.31. The van der Waals surface area contributed by atoms with Crippen molar-refractivity contribution >= 4 is 16.6 Å². The normalized spacial score (nSPS) is 11.1. The number of aromatic nitrogens is 4. The SMILES string of the molecule is CCc1nn(C)cc1CNc1ccc2[nH]ncc2c1. The van der Waals surface area contributed by atoms with E-state index in [0.717, 1.165) is 35.2 Å². The molecule has 0 atom stereocenters. The molecule has 0 radical (unpaired) electrons. The molecule has 5 heteroatoms. The highest BCUT2D eigenvalue weighted by Crippen LogP contribution is 2.18. The lowest BCUT2D eigenvalue weighted by Gasteiger charge is -2.06. The summed E-state index contributed by atoms with van der Waals surface area (Å²) in [5, 5.41) is 16.0. The molecular formula is C14H17N5. The van der Waals surface area contributed by atoms with Crippen LogP contribution in [-0.2, 0) is 20.0 Å². The van der Waals surface area contributed by atoms with E-state index in [1.165, 1.54) is 5.56 Å². The maximum atomic E-state index is 4.44. The number of fused-ring (bicyclic) bond motifs is 1. The van der Waals surface area contributed by atoms with Gasteiger partial charge in [-0.3, -0.25) is 9.78 Å². The van der Waals surface area contributed by atoms with Crippen molar-refractivity contribution in [1.82, 2.24) is 20.0 Å². The Morgan fingerprint density at radius 2 is 2.26 bits per heavy atom. The molecule has 2 heterocycles. The van der Waals surface area contributed by atoms with Crippen molar-refractivity contribution in [2.24, 2.45) is 7.05 Å². The average Bonchev–Trinajstić information content (AvgIpc) is 3.01. The summed E-state index contributed by atoms with van der Waals surface area (Å²) in [5.74, 6) is 0. The molecule has 3 aromatic rings. The highest BCUT2D eigenvalue weighted by atomic mass is 15.3. The smallest absolute Gasteiger partial charge is 0.0671 e. The van der Waals surface area contributed by atoms with Crippen LogP contribution in [0.3, 0.4) is 0 Å². The van der Waals surface area contributed by atoms with Crippen molar-refractivity contribution in [2.45, 2.75) is 19.9 Å². The third-order valence-corrected chi connectivity index (χ3v) is 3.25. The first-order chi connectivity index (χ1) is 9.26. The van der Waals surface area contributed by atoms with Crippen molar-refractivity contribution < 1.29 is 0 Å².